The molecule has 0 aromatic carbocycles. The van der Waals surface area contributed by atoms with E-state index in [9.17, 15) is 19.0 Å². The van der Waals surface area contributed by atoms with Gasteiger partial charge < -0.3 is 33.0 Å². The van der Waals surface area contributed by atoms with Gasteiger partial charge in [-0.2, -0.15) is 0 Å². The van der Waals surface area contributed by atoms with Gasteiger partial charge >= 0.3 is 11.9 Å². The maximum absolute atomic E-state index is 12.7. The summed E-state index contributed by atoms with van der Waals surface area (Å²) in [6, 6.07) is 0. The maximum Gasteiger partial charge on any atom is 0.306 e. The van der Waals surface area contributed by atoms with Gasteiger partial charge in [0.05, 0.1) is 27.7 Å². The average molecular weight is 872 g/mol. The molecule has 61 heavy (non-hydrogen) atoms. The number of carbonyl (C=O) groups is 2. The third kappa shape index (κ3) is 46.0. The number of nitrogens with zero attached hydrogens (tertiary/aromatic N) is 1. The number of hydrogen-bond donors (Lipinski definition) is 1. The molecule has 0 aliphatic carbocycles. The number of phosphoric acid groups is 1. The summed E-state index contributed by atoms with van der Waals surface area (Å²) < 4.78 is 33.8. The maximum atomic E-state index is 12.7. The highest BCUT2D eigenvalue weighted by Crippen LogP contribution is 2.38. The van der Waals surface area contributed by atoms with E-state index < -0.39 is 32.5 Å². The van der Waals surface area contributed by atoms with Crippen LogP contribution in [0.3, 0.4) is 0 Å². The fraction of sp³-hybridized carbons (Fsp3) is 0.600. The monoisotopic (exact) mass is 872 g/mol. The largest absolute Gasteiger partial charge is 0.756 e. The SMILES string of the molecule is CC/C=C\C/C=C\C/C=C\C/C=C\C/C=C\CCCCCC(=O)OC[C@H](COP(=O)([O-])OCC[N+](C)(C)C)OC(=O)CCC/C=C\C/C=C\C/C=C\C/C=C\CCCCCO. The normalized spacial score (nSPS) is 14.5. The number of carbonyl (C=O) groups excluding carboxylic acids is 2. The van der Waals surface area contributed by atoms with E-state index >= 15 is 0 Å². The van der Waals surface area contributed by atoms with E-state index in [1.54, 1.807) is 0 Å². The minimum atomic E-state index is -4.66. The van der Waals surface area contributed by atoms with Crippen LogP contribution in [0.5, 0.6) is 0 Å². The molecule has 0 saturated heterocycles. The summed E-state index contributed by atoms with van der Waals surface area (Å²) >= 11 is 0. The molecule has 0 aliphatic rings. The second-order valence-corrected chi connectivity index (χ2v) is 17.2. The highest BCUT2D eigenvalue weighted by molar-refractivity contribution is 7.45. The lowest BCUT2D eigenvalue weighted by atomic mass is 10.1. The molecule has 0 amide bonds. The van der Waals surface area contributed by atoms with Gasteiger partial charge in [0.25, 0.3) is 7.82 Å². The Morgan fingerprint density at radius 1 is 0.557 bits per heavy atom. The number of allylic oxidation sites excluding steroid dienone is 18. The zero-order valence-corrected chi connectivity index (χ0v) is 39.1. The van der Waals surface area contributed by atoms with Gasteiger partial charge in [0, 0.05) is 19.4 Å². The van der Waals surface area contributed by atoms with Gasteiger partial charge in [-0.05, 0) is 103 Å². The molecule has 0 heterocycles. The van der Waals surface area contributed by atoms with Crippen molar-refractivity contribution in [3.8, 4) is 0 Å². The van der Waals surface area contributed by atoms with E-state index in [0.717, 1.165) is 96.3 Å². The predicted molar refractivity (Wildman–Crippen MR) is 251 cm³/mol. The molecule has 0 aromatic rings. The second kappa shape index (κ2) is 42.0. The van der Waals surface area contributed by atoms with E-state index in [0.29, 0.717) is 30.3 Å². The van der Waals surface area contributed by atoms with Crippen LogP contribution in [-0.2, 0) is 32.7 Å². The van der Waals surface area contributed by atoms with Crippen LogP contribution in [0, 0.1) is 0 Å². The van der Waals surface area contributed by atoms with Crippen molar-refractivity contribution in [1.29, 1.82) is 0 Å². The second-order valence-electron chi connectivity index (χ2n) is 15.8. The Hall–Kier alpha value is -3.37. The number of phosphoric ester groups is 1. The third-order valence-electron chi connectivity index (χ3n) is 8.83. The molecule has 346 valence electrons. The van der Waals surface area contributed by atoms with Gasteiger partial charge in [-0.3, -0.25) is 14.2 Å². The van der Waals surface area contributed by atoms with Crippen molar-refractivity contribution in [2.45, 2.75) is 141 Å². The zero-order chi connectivity index (χ0) is 45.0. The Morgan fingerprint density at radius 2 is 0.984 bits per heavy atom. The van der Waals surface area contributed by atoms with E-state index in [4.69, 9.17) is 23.6 Å². The Labute approximate surface area is 370 Å². The molecule has 0 fully saturated rings. The van der Waals surface area contributed by atoms with Crippen LogP contribution in [0.15, 0.2) is 109 Å². The van der Waals surface area contributed by atoms with Crippen molar-refractivity contribution in [2.75, 3.05) is 54.1 Å². The summed E-state index contributed by atoms with van der Waals surface area (Å²) in [7, 11) is 1.07. The van der Waals surface area contributed by atoms with Crippen molar-refractivity contribution in [1.82, 2.24) is 0 Å². The van der Waals surface area contributed by atoms with Crippen LogP contribution in [0.1, 0.15) is 135 Å². The first kappa shape index (κ1) is 57.6. The minimum Gasteiger partial charge on any atom is -0.756 e. The van der Waals surface area contributed by atoms with E-state index in [-0.39, 0.29) is 32.7 Å². The highest BCUT2D eigenvalue weighted by atomic mass is 31.2. The summed E-state index contributed by atoms with van der Waals surface area (Å²) in [5.74, 6) is -0.965. The highest BCUT2D eigenvalue weighted by Gasteiger charge is 2.21. The zero-order valence-electron chi connectivity index (χ0n) is 38.3. The smallest absolute Gasteiger partial charge is 0.306 e. The predicted octanol–water partition coefficient (Wildman–Crippen LogP) is 11.5. The van der Waals surface area contributed by atoms with Crippen molar-refractivity contribution < 1.29 is 47.2 Å². The molecule has 0 bridgehead atoms. The Balaban J connectivity index is 4.52. The topological polar surface area (TPSA) is 131 Å². The van der Waals surface area contributed by atoms with Crippen LogP contribution < -0.4 is 4.89 Å². The minimum absolute atomic E-state index is 0.0583. The first-order valence-corrected chi connectivity index (χ1v) is 24.2. The summed E-state index contributed by atoms with van der Waals surface area (Å²) in [4.78, 5) is 37.6. The standard InChI is InChI=1S/C50H82NO9P/c1-5-6-7-8-9-10-11-12-13-14-15-17-20-23-26-29-32-35-38-41-49(53)57-46-48(47-59-61(55,56)58-45-43-51(2,3)4)60-50(54)42-39-36-33-30-27-24-21-18-16-19-22-25-28-31-34-37-40-44-52/h6-7,9-10,12-13,15-17,19,21,23-26,28,30,33,48,52H,5,8,11,14,18,20,22,27,29,31-32,34-47H2,1-4H3/b7-6-,10-9-,13-12-,17-15-,19-16-,24-21-,26-23-,28-25-,33-30-/t48-/m1/s1. The molecule has 11 heteroatoms. The lowest BCUT2D eigenvalue weighted by Gasteiger charge is -2.28. The summed E-state index contributed by atoms with van der Waals surface area (Å²) in [6.45, 7) is 1.98. The van der Waals surface area contributed by atoms with Crippen LogP contribution in [0.25, 0.3) is 0 Å². The number of hydrogen-bond acceptors (Lipinski definition) is 9. The van der Waals surface area contributed by atoms with Crippen LogP contribution in [-0.4, -0.2) is 81.7 Å². The molecule has 0 aliphatic heterocycles. The molecule has 1 unspecified atom stereocenters. The summed E-state index contributed by atoms with van der Waals surface area (Å²) in [5, 5.41) is 8.81. The molecule has 0 radical (unpaired) electrons. The third-order valence-corrected chi connectivity index (χ3v) is 9.80. The average Bonchev–Trinajstić information content (AvgIpc) is 3.21. The Bertz CT molecular complexity index is 1400. The van der Waals surface area contributed by atoms with Gasteiger partial charge in [-0.25, -0.2) is 0 Å². The van der Waals surface area contributed by atoms with E-state index in [2.05, 4.69) is 110 Å². The molecular weight excluding hydrogens is 790 g/mol. The van der Waals surface area contributed by atoms with Crippen molar-refractivity contribution in [3.05, 3.63) is 109 Å². The first-order valence-electron chi connectivity index (χ1n) is 22.7. The molecule has 0 saturated carbocycles. The number of esters is 2. The van der Waals surface area contributed by atoms with Gasteiger partial charge in [0.1, 0.15) is 19.8 Å². The molecular formula is C50H82NO9P. The van der Waals surface area contributed by atoms with Crippen LogP contribution in [0.4, 0.5) is 0 Å². The molecule has 10 nitrogen and oxygen atoms in total. The fourth-order valence-electron chi connectivity index (χ4n) is 5.30. The Morgan fingerprint density at radius 3 is 1.44 bits per heavy atom. The molecule has 2 atom stereocenters. The van der Waals surface area contributed by atoms with Crippen molar-refractivity contribution in [3.63, 3.8) is 0 Å². The lowest BCUT2D eigenvalue weighted by molar-refractivity contribution is -0.870. The molecule has 0 rings (SSSR count). The number of unbranched alkanes of at least 4 members (excludes halogenated alkanes) is 7. The molecule has 0 aromatic heterocycles. The molecule has 0 spiro atoms. The number of likely N-dealkylation sites (N-methyl/N-ethyl adjacent to an activating group) is 1. The van der Waals surface area contributed by atoms with Crippen molar-refractivity contribution >= 4 is 19.8 Å². The Kier molecular flexibility index (Phi) is 39.6. The number of aliphatic hydroxyl groups excluding tert-OH is 1. The summed E-state index contributed by atoms with van der Waals surface area (Å²) in [6.07, 6.45) is 54.2. The van der Waals surface area contributed by atoms with Crippen LogP contribution >= 0.6 is 7.82 Å². The van der Waals surface area contributed by atoms with Crippen molar-refractivity contribution in [2.24, 2.45) is 0 Å². The number of quaternary nitrogens is 1. The lowest BCUT2D eigenvalue weighted by Crippen LogP contribution is -2.37. The summed E-state index contributed by atoms with van der Waals surface area (Å²) in [5.41, 5.74) is 0. The number of rotatable bonds is 40. The number of ether oxygens (including phenoxy) is 2. The van der Waals surface area contributed by atoms with Gasteiger partial charge in [-0.15, -0.1) is 0 Å². The number of aliphatic hydroxyl groups is 1. The van der Waals surface area contributed by atoms with Gasteiger partial charge in [0.2, 0.25) is 0 Å². The van der Waals surface area contributed by atoms with E-state index in [1.165, 1.54) is 0 Å². The fourth-order valence-corrected chi connectivity index (χ4v) is 6.03. The quantitative estimate of drug-likeness (QED) is 0.0210. The van der Waals surface area contributed by atoms with Gasteiger partial charge in [-0.1, -0.05) is 129 Å². The molecule has 1 N–H and O–H groups in total. The van der Waals surface area contributed by atoms with E-state index in [1.807, 2.05) is 27.2 Å². The first-order chi connectivity index (χ1) is 29.5. The van der Waals surface area contributed by atoms with Crippen LogP contribution in [0.2, 0.25) is 0 Å². The van der Waals surface area contributed by atoms with Gasteiger partial charge in [0.15, 0.2) is 6.10 Å².